The molecule has 0 spiro atoms. The molecule has 2 nitrogen and oxygen atoms in total. The third kappa shape index (κ3) is 1.26. The van der Waals surface area contributed by atoms with E-state index in [-0.39, 0.29) is 17.5 Å². The van der Waals surface area contributed by atoms with E-state index in [0.717, 1.165) is 24.8 Å². The summed E-state index contributed by atoms with van der Waals surface area (Å²) in [5.41, 5.74) is 0.834. The zero-order chi connectivity index (χ0) is 12.2. The predicted octanol–water partition coefficient (Wildman–Crippen LogP) is 3.39. The summed E-state index contributed by atoms with van der Waals surface area (Å²) in [4.78, 5) is 11.7. The van der Waals surface area contributed by atoms with E-state index >= 15 is 0 Å². The van der Waals surface area contributed by atoms with Gasteiger partial charge in [0.1, 0.15) is 5.60 Å². The fourth-order valence-corrected chi connectivity index (χ4v) is 3.37. The highest BCUT2D eigenvalue weighted by atomic mass is 16.6. The maximum absolute atomic E-state index is 11.7. The van der Waals surface area contributed by atoms with E-state index in [4.69, 9.17) is 4.74 Å². The van der Waals surface area contributed by atoms with Crippen molar-refractivity contribution >= 4 is 16.7 Å². The van der Waals surface area contributed by atoms with E-state index in [1.54, 1.807) is 0 Å². The highest BCUT2D eigenvalue weighted by Crippen LogP contribution is 2.51. The number of rotatable bonds is 1. The number of hydrogen-bond acceptors (Lipinski definition) is 2. The number of benzene rings is 2. The van der Waals surface area contributed by atoms with Crippen molar-refractivity contribution in [2.45, 2.75) is 24.9 Å². The largest absolute Gasteiger partial charge is 0.454 e. The van der Waals surface area contributed by atoms with Gasteiger partial charge < -0.3 is 4.74 Å². The molecule has 1 saturated carbocycles. The lowest BCUT2D eigenvalue weighted by molar-refractivity contribution is -0.156. The maximum Gasteiger partial charge on any atom is 0.309 e. The first-order valence-electron chi connectivity index (χ1n) is 6.49. The monoisotopic (exact) mass is 238 g/mol. The van der Waals surface area contributed by atoms with E-state index in [2.05, 4.69) is 30.3 Å². The molecule has 0 amide bonds. The van der Waals surface area contributed by atoms with E-state index in [1.807, 2.05) is 12.1 Å². The first-order chi connectivity index (χ1) is 8.77. The van der Waals surface area contributed by atoms with Crippen molar-refractivity contribution < 1.29 is 9.53 Å². The minimum Gasteiger partial charge on any atom is -0.454 e. The van der Waals surface area contributed by atoms with Gasteiger partial charge in [-0.15, -0.1) is 0 Å². The number of ether oxygens (including phenoxy) is 1. The smallest absolute Gasteiger partial charge is 0.309 e. The maximum atomic E-state index is 11.7. The standard InChI is InChI=1S/C16H14O2/c17-15-13-7-8-16(10-13,18-15)14-6-5-11-3-1-2-4-12(11)9-14/h1-6,9,13H,7-8,10H2/t13-,16+/m0/s1. The van der Waals surface area contributed by atoms with Crippen molar-refractivity contribution in [3.8, 4) is 0 Å². The molecule has 1 heterocycles. The number of carbonyl (C=O) groups excluding carboxylic acids is 1. The van der Waals surface area contributed by atoms with Crippen LogP contribution in [0.3, 0.4) is 0 Å². The number of esters is 1. The highest BCUT2D eigenvalue weighted by Gasteiger charge is 2.53. The van der Waals surface area contributed by atoms with Crippen molar-refractivity contribution in [2.75, 3.05) is 0 Å². The zero-order valence-corrected chi connectivity index (χ0v) is 10.1. The summed E-state index contributed by atoms with van der Waals surface area (Å²) in [5, 5.41) is 2.45. The Bertz CT molecular complexity index is 646. The molecule has 2 bridgehead atoms. The van der Waals surface area contributed by atoms with Crippen LogP contribution in [0.1, 0.15) is 24.8 Å². The lowest BCUT2D eigenvalue weighted by atomic mass is 9.90. The van der Waals surface area contributed by atoms with Crippen LogP contribution in [0.5, 0.6) is 0 Å². The molecule has 1 saturated heterocycles. The van der Waals surface area contributed by atoms with Gasteiger partial charge in [0, 0.05) is 6.42 Å². The van der Waals surface area contributed by atoms with Crippen LogP contribution in [0.25, 0.3) is 10.8 Å². The summed E-state index contributed by atoms with van der Waals surface area (Å²) in [6, 6.07) is 14.7. The fraction of sp³-hybridized carbons (Fsp3) is 0.312. The molecule has 0 aromatic heterocycles. The van der Waals surface area contributed by atoms with Crippen LogP contribution in [0.4, 0.5) is 0 Å². The van der Waals surface area contributed by atoms with Gasteiger partial charge in [0.2, 0.25) is 0 Å². The van der Waals surface area contributed by atoms with Crippen molar-refractivity contribution in [1.82, 2.24) is 0 Å². The molecule has 0 N–H and O–H groups in total. The Hall–Kier alpha value is -1.83. The Morgan fingerprint density at radius 1 is 1.11 bits per heavy atom. The second kappa shape index (κ2) is 3.35. The summed E-state index contributed by atoms with van der Waals surface area (Å²) in [6.07, 6.45) is 2.82. The summed E-state index contributed by atoms with van der Waals surface area (Å²) in [6.45, 7) is 0. The second-order valence-electron chi connectivity index (χ2n) is 5.42. The van der Waals surface area contributed by atoms with Crippen molar-refractivity contribution in [3.63, 3.8) is 0 Å². The van der Waals surface area contributed by atoms with Crippen LogP contribution in [-0.4, -0.2) is 5.97 Å². The lowest BCUT2D eigenvalue weighted by Crippen LogP contribution is -2.25. The molecular formula is C16H14O2. The molecule has 0 unspecified atom stereocenters. The normalized spacial score (nSPS) is 29.8. The minimum atomic E-state index is -0.328. The SMILES string of the molecule is O=C1O[C@]2(c3ccc4ccccc4c3)CC[C@H]1C2. The molecule has 2 fully saturated rings. The second-order valence-corrected chi connectivity index (χ2v) is 5.42. The molecule has 2 heteroatoms. The number of hydrogen-bond donors (Lipinski definition) is 0. The first-order valence-corrected chi connectivity index (χ1v) is 6.49. The van der Waals surface area contributed by atoms with Gasteiger partial charge in [0.15, 0.2) is 0 Å². The molecule has 2 aliphatic rings. The quantitative estimate of drug-likeness (QED) is 0.712. The van der Waals surface area contributed by atoms with E-state index < -0.39 is 0 Å². The Morgan fingerprint density at radius 3 is 2.67 bits per heavy atom. The summed E-state index contributed by atoms with van der Waals surface area (Å²) in [7, 11) is 0. The fourth-order valence-electron chi connectivity index (χ4n) is 3.37. The lowest BCUT2D eigenvalue weighted by Gasteiger charge is -2.27. The van der Waals surface area contributed by atoms with Gasteiger partial charge in [-0.3, -0.25) is 4.79 Å². The minimum absolute atomic E-state index is 0.00518. The Kier molecular flexibility index (Phi) is 1.88. The highest BCUT2D eigenvalue weighted by molar-refractivity contribution is 5.84. The van der Waals surface area contributed by atoms with E-state index in [0.29, 0.717) is 0 Å². The van der Waals surface area contributed by atoms with Crippen molar-refractivity contribution in [3.05, 3.63) is 48.0 Å². The molecule has 90 valence electrons. The number of carbonyl (C=O) groups is 1. The summed E-state index contributed by atoms with van der Waals surface area (Å²) < 4.78 is 5.64. The molecule has 1 aliphatic carbocycles. The van der Waals surface area contributed by atoms with Crippen LogP contribution >= 0.6 is 0 Å². The van der Waals surface area contributed by atoms with Crippen LogP contribution in [-0.2, 0) is 15.1 Å². The molecular weight excluding hydrogens is 224 g/mol. The van der Waals surface area contributed by atoms with Crippen LogP contribution in [0.15, 0.2) is 42.5 Å². The van der Waals surface area contributed by atoms with Gasteiger partial charge in [0.25, 0.3) is 0 Å². The van der Waals surface area contributed by atoms with Gasteiger partial charge in [-0.05, 0) is 35.2 Å². The van der Waals surface area contributed by atoms with E-state index in [1.165, 1.54) is 10.8 Å². The third-order valence-electron chi connectivity index (χ3n) is 4.38. The van der Waals surface area contributed by atoms with Gasteiger partial charge in [-0.1, -0.05) is 36.4 Å². The van der Waals surface area contributed by atoms with Crippen LogP contribution in [0, 0.1) is 5.92 Å². The molecule has 0 radical (unpaired) electrons. The summed E-state index contributed by atoms with van der Waals surface area (Å²) >= 11 is 0. The molecule has 18 heavy (non-hydrogen) atoms. The van der Waals surface area contributed by atoms with Crippen LogP contribution < -0.4 is 0 Å². The van der Waals surface area contributed by atoms with Gasteiger partial charge in [-0.2, -0.15) is 0 Å². The Labute approximate surface area is 106 Å². The van der Waals surface area contributed by atoms with Crippen LogP contribution in [0.2, 0.25) is 0 Å². The van der Waals surface area contributed by atoms with Gasteiger partial charge in [-0.25, -0.2) is 0 Å². The Morgan fingerprint density at radius 2 is 1.94 bits per heavy atom. The molecule has 1 aliphatic heterocycles. The number of fused-ring (bicyclic) bond motifs is 3. The Balaban J connectivity index is 1.85. The average molecular weight is 238 g/mol. The zero-order valence-electron chi connectivity index (χ0n) is 10.1. The molecule has 2 aromatic carbocycles. The van der Waals surface area contributed by atoms with Crippen molar-refractivity contribution in [2.24, 2.45) is 5.92 Å². The topological polar surface area (TPSA) is 26.3 Å². The average Bonchev–Trinajstić information content (AvgIpc) is 2.97. The van der Waals surface area contributed by atoms with E-state index in [9.17, 15) is 4.79 Å². The molecule has 2 aromatic rings. The summed E-state index contributed by atoms with van der Waals surface area (Å²) in [5.74, 6) is 0.130. The van der Waals surface area contributed by atoms with Crippen molar-refractivity contribution in [1.29, 1.82) is 0 Å². The van der Waals surface area contributed by atoms with Gasteiger partial charge in [0.05, 0.1) is 5.92 Å². The molecule has 2 atom stereocenters. The third-order valence-corrected chi connectivity index (χ3v) is 4.38. The van der Waals surface area contributed by atoms with Gasteiger partial charge >= 0.3 is 5.97 Å². The molecule has 4 rings (SSSR count). The predicted molar refractivity (Wildman–Crippen MR) is 69.1 cm³/mol. The first kappa shape index (κ1) is 10.1.